The second-order valence-electron chi connectivity index (χ2n) is 6.91. The molecule has 1 saturated heterocycles. The van der Waals surface area contributed by atoms with Crippen molar-refractivity contribution in [2.45, 2.75) is 52.2 Å². The molecule has 0 bridgehead atoms. The van der Waals surface area contributed by atoms with Crippen molar-refractivity contribution in [2.75, 3.05) is 18.0 Å². The first kappa shape index (κ1) is 18.0. The maximum atomic E-state index is 11.8. The van der Waals surface area contributed by atoms with Crippen molar-refractivity contribution in [3.63, 3.8) is 0 Å². The van der Waals surface area contributed by atoms with Gasteiger partial charge in [0.15, 0.2) is 5.69 Å². The molecule has 1 fully saturated rings. The summed E-state index contributed by atoms with van der Waals surface area (Å²) in [5, 5.41) is 12.0. The quantitative estimate of drug-likeness (QED) is 0.869. The van der Waals surface area contributed by atoms with Crippen LogP contribution in [0.25, 0.3) is 0 Å². The number of carbonyl (C=O) groups is 2. The molecule has 0 unspecified atom stereocenters. The number of rotatable bonds is 3. The zero-order valence-electron chi connectivity index (χ0n) is 14.5. The van der Waals surface area contributed by atoms with Crippen LogP contribution in [0.5, 0.6) is 0 Å². The van der Waals surface area contributed by atoms with Crippen molar-refractivity contribution in [1.82, 2.24) is 15.3 Å². The van der Waals surface area contributed by atoms with Crippen molar-refractivity contribution in [1.29, 1.82) is 0 Å². The zero-order valence-corrected chi connectivity index (χ0v) is 14.5. The highest BCUT2D eigenvalue weighted by atomic mass is 16.6. The molecule has 1 amide bonds. The van der Waals surface area contributed by atoms with Gasteiger partial charge in [-0.2, -0.15) is 0 Å². The van der Waals surface area contributed by atoms with E-state index in [1.165, 1.54) is 6.07 Å². The van der Waals surface area contributed by atoms with Gasteiger partial charge in [-0.1, -0.05) is 0 Å². The van der Waals surface area contributed by atoms with Crippen LogP contribution < -0.4 is 10.2 Å². The van der Waals surface area contributed by atoms with E-state index in [-0.39, 0.29) is 11.7 Å². The van der Waals surface area contributed by atoms with Crippen LogP contribution in [0, 0.1) is 6.92 Å². The summed E-state index contributed by atoms with van der Waals surface area (Å²) < 4.78 is 5.26. The third-order valence-corrected chi connectivity index (χ3v) is 3.56. The molecule has 8 nitrogen and oxygen atoms in total. The summed E-state index contributed by atoms with van der Waals surface area (Å²) in [5.41, 5.74) is 0.0888. The fourth-order valence-electron chi connectivity index (χ4n) is 2.50. The Hall–Kier alpha value is -2.38. The number of ether oxygens (including phenoxy) is 1. The van der Waals surface area contributed by atoms with Gasteiger partial charge in [0.1, 0.15) is 5.60 Å². The zero-order chi connectivity index (χ0) is 17.9. The highest BCUT2D eigenvalue weighted by Crippen LogP contribution is 2.18. The number of hydrogen-bond donors (Lipinski definition) is 2. The average Bonchev–Trinajstić information content (AvgIpc) is 2.45. The van der Waals surface area contributed by atoms with Gasteiger partial charge in [0, 0.05) is 24.8 Å². The van der Waals surface area contributed by atoms with Crippen LogP contribution in [0.1, 0.15) is 49.8 Å². The Labute approximate surface area is 141 Å². The lowest BCUT2D eigenvalue weighted by atomic mass is 10.1. The Bertz CT molecular complexity index is 619. The van der Waals surface area contributed by atoms with Gasteiger partial charge in [-0.3, -0.25) is 0 Å². The van der Waals surface area contributed by atoms with Crippen molar-refractivity contribution in [3.05, 3.63) is 17.5 Å². The smallest absolute Gasteiger partial charge is 0.407 e. The first-order chi connectivity index (χ1) is 11.1. The van der Waals surface area contributed by atoms with Crippen LogP contribution in [0.4, 0.5) is 10.7 Å². The fraction of sp³-hybridized carbons (Fsp3) is 0.625. The van der Waals surface area contributed by atoms with Crippen LogP contribution >= 0.6 is 0 Å². The van der Waals surface area contributed by atoms with E-state index in [0.717, 1.165) is 12.8 Å². The van der Waals surface area contributed by atoms with Gasteiger partial charge in [0.25, 0.3) is 0 Å². The number of piperidine rings is 1. The molecule has 0 atom stereocenters. The number of nitrogens with one attached hydrogen (secondary N) is 1. The number of nitrogens with zero attached hydrogens (tertiary/aromatic N) is 3. The number of carboxylic acid groups (broad SMARTS) is 1. The predicted octanol–water partition coefficient (Wildman–Crippen LogP) is 1.98. The van der Waals surface area contributed by atoms with Gasteiger partial charge in [-0.15, -0.1) is 0 Å². The molecule has 0 aromatic carbocycles. The second kappa shape index (κ2) is 7.02. The molecule has 1 aliphatic rings. The molecule has 0 aliphatic carbocycles. The summed E-state index contributed by atoms with van der Waals surface area (Å²) in [6.45, 7) is 8.50. The maximum Gasteiger partial charge on any atom is 0.407 e. The summed E-state index contributed by atoms with van der Waals surface area (Å²) in [6, 6.07) is 1.47. The minimum Gasteiger partial charge on any atom is -0.477 e. The number of amides is 1. The van der Waals surface area contributed by atoms with Crippen molar-refractivity contribution in [3.8, 4) is 0 Å². The molecule has 2 heterocycles. The first-order valence-electron chi connectivity index (χ1n) is 7.97. The SMILES string of the molecule is Cc1cc(C(=O)O)nc(N2CCC(NC(=O)OC(C)(C)C)CC2)n1. The summed E-state index contributed by atoms with van der Waals surface area (Å²) in [7, 11) is 0. The lowest BCUT2D eigenvalue weighted by Crippen LogP contribution is -2.46. The number of anilines is 1. The molecular formula is C16H24N4O4. The molecule has 2 rings (SSSR count). The van der Waals surface area contributed by atoms with Gasteiger partial charge < -0.3 is 20.1 Å². The lowest BCUT2D eigenvalue weighted by Gasteiger charge is -2.33. The third kappa shape index (κ3) is 5.07. The van der Waals surface area contributed by atoms with E-state index >= 15 is 0 Å². The standard InChI is InChI=1S/C16H24N4O4/c1-10-9-12(13(21)22)19-14(17-10)20-7-5-11(6-8-20)18-15(23)24-16(2,3)4/h9,11H,5-8H2,1-4H3,(H,18,23)(H,21,22). The molecule has 8 heteroatoms. The van der Waals surface area contributed by atoms with Crippen LogP contribution in [-0.2, 0) is 4.74 Å². The highest BCUT2D eigenvalue weighted by Gasteiger charge is 2.25. The number of carbonyl (C=O) groups excluding carboxylic acids is 1. The van der Waals surface area contributed by atoms with Gasteiger partial charge in [-0.05, 0) is 46.6 Å². The normalized spacial score (nSPS) is 15.9. The number of hydrogen-bond acceptors (Lipinski definition) is 6. The first-order valence-corrected chi connectivity index (χ1v) is 7.97. The molecule has 24 heavy (non-hydrogen) atoms. The maximum absolute atomic E-state index is 11.8. The molecule has 0 radical (unpaired) electrons. The van der Waals surface area contributed by atoms with Crippen molar-refractivity contribution < 1.29 is 19.4 Å². The van der Waals surface area contributed by atoms with E-state index in [2.05, 4.69) is 15.3 Å². The van der Waals surface area contributed by atoms with Crippen LogP contribution in [0.15, 0.2) is 6.07 Å². The topological polar surface area (TPSA) is 105 Å². The number of alkyl carbamates (subject to hydrolysis) is 1. The van der Waals surface area contributed by atoms with E-state index in [0.29, 0.717) is 24.7 Å². The highest BCUT2D eigenvalue weighted by molar-refractivity contribution is 5.85. The van der Waals surface area contributed by atoms with Crippen molar-refractivity contribution in [2.24, 2.45) is 0 Å². The minimum atomic E-state index is -1.07. The minimum absolute atomic E-state index is 0.00787. The largest absolute Gasteiger partial charge is 0.477 e. The second-order valence-corrected chi connectivity index (χ2v) is 6.91. The summed E-state index contributed by atoms with van der Waals surface area (Å²) in [6.07, 6.45) is 1.03. The fourth-order valence-corrected chi connectivity index (χ4v) is 2.50. The summed E-state index contributed by atoms with van der Waals surface area (Å²) >= 11 is 0. The molecule has 1 aromatic rings. The Balaban J connectivity index is 1.93. The van der Waals surface area contributed by atoms with E-state index in [1.807, 2.05) is 25.7 Å². The molecule has 0 spiro atoms. The molecule has 2 N–H and O–H groups in total. The number of carboxylic acids is 1. The average molecular weight is 336 g/mol. The Morgan fingerprint density at radius 2 is 1.92 bits per heavy atom. The molecule has 132 valence electrons. The van der Waals surface area contributed by atoms with E-state index in [4.69, 9.17) is 9.84 Å². The van der Waals surface area contributed by atoms with Gasteiger partial charge in [-0.25, -0.2) is 19.6 Å². The number of aryl methyl sites for hydroxylation is 1. The molecule has 1 aliphatic heterocycles. The van der Waals surface area contributed by atoms with E-state index in [9.17, 15) is 9.59 Å². The van der Waals surface area contributed by atoms with Crippen LogP contribution in [-0.4, -0.2) is 51.9 Å². The molecule has 1 aromatic heterocycles. The Morgan fingerprint density at radius 3 is 2.46 bits per heavy atom. The van der Waals surface area contributed by atoms with Gasteiger partial charge in [0.05, 0.1) is 0 Å². The molecular weight excluding hydrogens is 312 g/mol. The monoisotopic (exact) mass is 336 g/mol. The number of aromatic carboxylic acids is 1. The van der Waals surface area contributed by atoms with Gasteiger partial charge in [0.2, 0.25) is 5.95 Å². The summed E-state index contributed by atoms with van der Waals surface area (Å²) in [5.74, 6) is -0.647. The third-order valence-electron chi connectivity index (χ3n) is 3.56. The Morgan fingerprint density at radius 1 is 1.29 bits per heavy atom. The van der Waals surface area contributed by atoms with Gasteiger partial charge >= 0.3 is 12.1 Å². The molecule has 0 saturated carbocycles. The van der Waals surface area contributed by atoms with E-state index in [1.54, 1.807) is 6.92 Å². The van der Waals surface area contributed by atoms with Crippen molar-refractivity contribution >= 4 is 18.0 Å². The van der Waals surface area contributed by atoms with E-state index < -0.39 is 17.7 Å². The predicted molar refractivity (Wildman–Crippen MR) is 88.3 cm³/mol. The van der Waals surface area contributed by atoms with Crippen LogP contribution in [0.2, 0.25) is 0 Å². The summed E-state index contributed by atoms with van der Waals surface area (Å²) in [4.78, 5) is 33.3. The lowest BCUT2D eigenvalue weighted by molar-refractivity contribution is 0.0496. The van der Waals surface area contributed by atoms with Crippen LogP contribution in [0.3, 0.4) is 0 Å². The Kier molecular flexibility index (Phi) is 5.26. The number of aromatic nitrogens is 2.